The van der Waals surface area contributed by atoms with Gasteiger partial charge < -0.3 is 5.32 Å². The van der Waals surface area contributed by atoms with E-state index in [9.17, 15) is 0 Å². The Morgan fingerprint density at radius 3 is 2.71 bits per heavy atom. The van der Waals surface area contributed by atoms with E-state index in [0.717, 1.165) is 17.8 Å². The molecule has 1 aromatic carbocycles. The van der Waals surface area contributed by atoms with Crippen LogP contribution in [-0.4, -0.2) is 4.98 Å². The van der Waals surface area contributed by atoms with Crippen molar-refractivity contribution in [2.75, 3.05) is 0 Å². The second kappa shape index (κ2) is 5.96. The van der Waals surface area contributed by atoms with Crippen LogP contribution in [0.25, 0.3) is 10.9 Å². The molecule has 1 N–H and O–H groups in total. The smallest absolute Gasteiger partial charge is 0.0705 e. The van der Waals surface area contributed by atoms with Gasteiger partial charge in [0.2, 0.25) is 0 Å². The number of thiophene rings is 1. The maximum Gasteiger partial charge on any atom is 0.0705 e. The quantitative estimate of drug-likeness (QED) is 0.750. The van der Waals surface area contributed by atoms with Crippen LogP contribution in [0.3, 0.4) is 0 Å². The monoisotopic (exact) mass is 296 g/mol. The molecule has 0 aliphatic rings. The molecule has 0 spiro atoms. The number of pyridine rings is 1. The van der Waals surface area contributed by atoms with Crippen LogP contribution in [-0.2, 0) is 6.54 Å². The minimum absolute atomic E-state index is 0.350. The highest BCUT2D eigenvalue weighted by Crippen LogP contribution is 2.26. The van der Waals surface area contributed by atoms with Crippen LogP contribution in [0.15, 0.2) is 42.5 Å². The SMILES string of the molecule is Cc1cc(C(C)NCc2ccc3ccccc3n2)c(C)s1. The Hall–Kier alpha value is -1.71. The fourth-order valence-electron chi connectivity index (χ4n) is 2.65. The summed E-state index contributed by atoms with van der Waals surface area (Å²) in [6, 6.07) is 15.1. The second-order valence-corrected chi connectivity index (χ2v) is 6.93. The van der Waals surface area contributed by atoms with E-state index in [-0.39, 0.29) is 0 Å². The van der Waals surface area contributed by atoms with Gasteiger partial charge in [-0.2, -0.15) is 0 Å². The number of benzene rings is 1. The number of nitrogens with zero attached hydrogens (tertiary/aromatic N) is 1. The van der Waals surface area contributed by atoms with Crippen LogP contribution < -0.4 is 5.32 Å². The zero-order chi connectivity index (χ0) is 14.8. The Kier molecular flexibility index (Phi) is 4.04. The summed E-state index contributed by atoms with van der Waals surface area (Å²) < 4.78 is 0. The lowest BCUT2D eigenvalue weighted by Gasteiger charge is -2.13. The molecule has 1 atom stereocenters. The molecule has 3 heteroatoms. The molecule has 21 heavy (non-hydrogen) atoms. The summed E-state index contributed by atoms with van der Waals surface area (Å²) >= 11 is 1.87. The lowest BCUT2D eigenvalue weighted by atomic mass is 10.1. The number of aromatic nitrogens is 1. The van der Waals surface area contributed by atoms with Crippen molar-refractivity contribution in [3.05, 3.63) is 63.5 Å². The van der Waals surface area contributed by atoms with E-state index in [1.54, 1.807) is 0 Å². The van der Waals surface area contributed by atoms with E-state index in [1.807, 2.05) is 23.5 Å². The molecule has 2 nitrogen and oxygen atoms in total. The first kappa shape index (κ1) is 14.2. The summed E-state index contributed by atoms with van der Waals surface area (Å²) in [5.74, 6) is 0. The summed E-state index contributed by atoms with van der Waals surface area (Å²) in [6.45, 7) is 7.37. The number of hydrogen-bond acceptors (Lipinski definition) is 3. The Bertz CT molecular complexity index is 761. The first-order chi connectivity index (χ1) is 10.1. The maximum atomic E-state index is 4.71. The molecule has 0 aliphatic heterocycles. The Balaban J connectivity index is 1.72. The van der Waals surface area contributed by atoms with Crippen molar-refractivity contribution in [3.8, 4) is 0 Å². The molecule has 0 fully saturated rings. The molecule has 0 aliphatic carbocycles. The van der Waals surface area contributed by atoms with Gasteiger partial charge in [0.1, 0.15) is 0 Å². The zero-order valence-corrected chi connectivity index (χ0v) is 13.5. The van der Waals surface area contributed by atoms with Crippen molar-refractivity contribution in [2.24, 2.45) is 0 Å². The van der Waals surface area contributed by atoms with Crippen LogP contribution >= 0.6 is 11.3 Å². The summed E-state index contributed by atoms with van der Waals surface area (Å²) in [5, 5.41) is 4.77. The zero-order valence-electron chi connectivity index (χ0n) is 12.7. The fraction of sp³-hybridized carbons (Fsp3) is 0.278. The van der Waals surface area contributed by atoms with Gasteiger partial charge in [-0.3, -0.25) is 4.98 Å². The number of hydrogen-bond donors (Lipinski definition) is 1. The Morgan fingerprint density at radius 2 is 1.95 bits per heavy atom. The third-order valence-corrected chi connectivity index (χ3v) is 4.77. The van der Waals surface area contributed by atoms with Gasteiger partial charge in [0.05, 0.1) is 11.2 Å². The minimum Gasteiger partial charge on any atom is -0.305 e. The minimum atomic E-state index is 0.350. The highest BCUT2D eigenvalue weighted by atomic mass is 32.1. The highest BCUT2D eigenvalue weighted by molar-refractivity contribution is 7.12. The van der Waals surface area contributed by atoms with Crippen molar-refractivity contribution < 1.29 is 0 Å². The summed E-state index contributed by atoms with van der Waals surface area (Å²) in [4.78, 5) is 7.49. The number of aryl methyl sites for hydroxylation is 2. The molecule has 0 amide bonds. The van der Waals surface area contributed by atoms with Gasteiger partial charge in [-0.1, -0.05) is 24.3 Å². The summed E-state index contributed by atoms with van der Waals surface area (Å²) in [5.41, 5.74) is 3.55. The van der Waals surface area contributed by atoms with Gasteiger partial charge in [-0.05, 0) is 44.5 Å². The molecular formula is C18H20N2S. The van der Waals surface area contributed by atoms with E-state index in [2.05, 4.69) is 56.4 Å². The Labute approximate surface area is 129 Å². The molecule has 2 aromatic heterocycles. The van der Waals surface area contributed by atoms with Gasteiger partial charge in [-0.25, -0.2) is 0 Å². The van der Waals surface area contributed by atoms with Crippen LogP contribution in [0.2, 0.25) is 0 Å². The van der Waals surface area contributed by atoms with Crippen LogP contribution in [0.4, 0.5) is 0 Å². The van der Waals surface area contributed by atoms with E-state index in [0.29, 0.717) is 6.04 Å². The molecule has 1 unspecified atom stereocenters. The van der Waals surface area contributed by atoms with Gasteiger partial charge in [0.15, 0.2) is 0 Å². The molecule has 0 bridgehead atoms. The van der Waals surface area contributed by atoms with Crippen molar-refractivity contribution in [3.63, 3.8) is 0 Å². The standard InChI is InChI=1S/C18H20N2S/c1-12-10-17(14(3)21-12)13(2)19-11-16-9-8-15-6-4-5-7-18(15)20-16/h4-10,13,19H,11H2,1-3H3. The first-order valence-corrected chi connectivity index (χ1v) is 8.10. The van der Waals surface area contributed by atoms with Crippen LogP contribution in [0, 0.1) is 13.8 Å². The number of nitrogens with one attached hydrogen (secondary N) is 1. The molecule has 108 valence electrons. The lowest BCUT2D eigenvalue weighted by molar-refractivity contribution is 0.568. The number of fused-ring (bicyclic) bond motifs is 1. The molecule has 3 aromatic rings. The average molecular weight is 296 g/mol. The maximum absolute atomic E-state index is 4.71. The third kappa shape index (κ3) is 3.14. The fourth-order valence-corrected chi connectivity index (χ4v) is 3.68. The number of rotatable bonds is 4. The third-order valence-electron chi connectivity index (χ3n) is 3.79. The van der Waals surface area contributed by atoms with E-state index in [4.69, 9.17) is 4.98 Å². The topological polar surface area (TPSA) is 24.9 Å². The molecule has 3 rings (SSSR count). The first-order valence-electron chi connectivity index (χ1n) is 7.28. The lowest BCUT2D eigenvalue weighted by Crippen LogP contribution is -2.18. The van der Waals surface area contributed by atoms with Crippen LogP contribution in [0.5, 0.6) is 0 Å². The molecular weight excluding hydrogens is 276 g/mol. The predicted octanol–water partition coefficient (Wildman–Crippen LogP) is 4.76. The predicted molar refractivity (Wildman–Crippen MR) is 90.8 cm³/mol. The van der Waals surface area contributed by atoms with Gasteiger partial charge in [0, 0.05) is 27.7 Å². The van der Waals surface area contributed by atoms with E-state index < -0.39 is 0 Å². The number of para-hydroxylation sites is 1. The average Bonchev–Trinajstić information content (AvgIpc) is 2.83. The van der Waals surface area contributed by atoms with Gasteiger partial charge in [-0.15, -0.1) is 11.3 Å². The highest BCUT2D eigenvalue weighted by Gasteiger charge is 2.11. The van der Waals surface area contributed by atoms with Crippen molar-refractivity contribution in [1.29, 1.82) is 0 Å². The summed E-state index contributed by atoms with van der Waals surface area (Å²) in [7, 11) is 0. The molecule has 0 saturated heterocycles. The van der Waals surface area contributed by atoms with Crippen molar-refractivity contribution >= 4 is 22.2 Å². The molecule has 0 radical (unpaired) electrons. The van der Waals surface area contributed by atoms with Gasteiger partial charge >= 0.3 is 0 Å². The molecule has 2 heterocycles. The van der Waals surface area contributed by atoms with Crippen LogP contribution in [0.1, 0.15) is 34.0 Å². The summed E-state index contributed by atoms with van der Waals surface area (Å²) in [6.07, 6.45) is 0. The normalized spacial score (nSPS) is 12.7. The van der Waals surface area contributed by atoms with Crippen molar-refractivity contribution in [1.82, 2.24) is 10.3 Å². The second-order valence-electron chi connectivity index (χ2n) is 5.47. The van der Waals surface area contributed by atoms with E-state index >= 15 is 0 Å². The largest absolute Gasteiger partial charge is 0.305 e. The van der Waals surface area contributed by atoms with Gasteiger partial charge in [0.25, 0.3) is 0 Å². The van der Waals surface area contributed by atoms with E-state index in [1.165, 1.54) is 20.7 Å². The molecule has 0 saturated carbocycles. The Morgan fingerprint density at radius 1 is 1.14 bits per heavy atom. The van der Waals surface area contributed by atoms with Crippen molar-refractivity contribution in [2.45, 2.75) is 33.4 Å².